The molecule has 92 valence electrons. The van der Waals surface area contributed by atoms with Crippen LogP contribution in [0.25, 0.3) is 0 Å². The number of nitrogens with one attached hydrogen (secondary N) is 1. The topological polar surface area (TPSA) is 41.3 Å². The molecular weight excluding hydrogens is 202 g/mol. The zero-order valence-corrected chi connectivity index (χ0v) is 10.8. The minimum absolute atomic E-state index is 0.610. The van der Waals surface area contributed by atoms with Gasteiger partial charge in [0.2, 0.25) is 0 Å². The molecule has 0 aliphatic carbocycles. The minimum Gasteiger partial charge on any atom is -0.432 e. The van der Waals surface area contributed by atoms with Crippen LogP contribution in [0.15, 0.2) is 10.7 Å². The van der Waals surface area contributed by atoms with Crippen molar-refractivity contribution in [2.24, 2.45) is 5.92 Å². The van der Waals surface area contributed by atoms with Crippen LogP contribution < -0.4 is 10.2 Å². The Labute approximate surface area is 98.0 Å². The van der Waals surface area contributed by atoms with E-state index >= 15 is 0 Å². The van der Waals surface area contributed by atoms with Crippen molar-refractivity contribution < 1.29 is 4.42 Å². The molecule has 4 heteroatoms. The summed E-state index contributed by atoms with van der Waals surface area (Å²) >= 11 is 0. The summed E-state index contributed by atoms with van der Waals surface area (Å²) in [6.07, 6.45) is 2.87. The molecule has 0 bridgehead atoms. The van der Waals surface area contributed by atoms with E-state index in [2.05, 4.69) is 31.1 Å². The summed E-state index contributed by atoms with van der Waals surface area (Å²) in [5.74, 6) is 0.610. The molecule has 1 aromatic rings. The predicted molar refractivity (Wildman–Crippen MR) is 66.6 cm³/mol. The second-order valence-electron chi connectivity index (χ2n) is 4.57. The first-order valence-corrected chi connectivity index (χ1v) is 5.99. The van der Waals surface area contributed by atoms with Gasteiger partial charge in [-0.25, -0.2) is 0 Å². The van der Waals surface area contributed by atoms with Crippen LogP contribution >= 0.6 is 0 Å². The molecule has 1 heterocycles. The molecule has 1 aromatic heterocycles. The lowest BCUT2D eigenvalue weighted by atomic mass is 10.2. The van der Waals surface area contributed by atoms with E-state index in [0.29, 0.717) is 11.9 Å². The van der Waals surface area contributed by atoms with Crippen LogP contribution in [0.3, 0.4) is 0 Å². The zero-order valence-electron chi connectivity index (χ0n) is 10.8. The highest BCUT2D eigenvalue weighted by molar-refractivity contribution is 5.25. The SMILES string of the molecule is CCCNCc1coc(N(C)CC(C)C)n1. The van der Waals surface area contributed by atoms with Gasteiger partial charge in [-0.3, -0.25) is 0 Å². The van der Waals surface area contributed by atoms with Crippen LogP contribution in [0.5, 0.6) is 0 Å². The van der Waals surface area contributed by atoms with Crippen LogP contribution in [-0.2, 0) is 6.54 Å². The van der Waals surface area contributed by atoms with E-state index in [4.69, 9.17) is 4.42 Å². The van der Waals surface area contributed by atoms with Crippen molar-refractivity contribution in [3.8, 4) is 0 Å². The zero-order chi connectivity index (χ0) is 12.0. The molecule has 0 saturated heterocycles. The predicted octanol–water partition coefficient (Wildman–Crippen LogP) is 2.27. The summed E-state index contributed by atoms with van der Waals surface area (Å²) in [5.41, 5.74) is 0.971. The first-order chi connectivity index (χ1) is 7.63. The Kier molecular flexibility index (Phi) is 5.32. The van der Waals surface area contributed by atoms with Gasteiger partial charge in [0, 0.05) is 20.1 Å². The number of anilines is 1. The smallest absolute Gasteiger partial charge is 0.297 e. The lowest BCUT2D eigenvalue weighted by Gasteiger charge is -2.16. The molecule has 0 radical (unpaired) electrons. The molecule has 16 heavy (non-hydrogen) atoms. The average molecular weight is 225 g/mol. The van der Waals surface area contributed by atoms with Gasteiger partial charge >= 0.3 is 0 Å². The van der Waals surface area contributed by atoms with Crippen molar-refractivity contribution >= 4 is 6.01 Å². The summed E-state index contributed by atoms with van der Waals surface area (Å²) in [5, 5.41) is 3.30. The maximum atomic E-state index is 5.43. The van der Waals surface area contributed by atoms with Crippen LogP contribution in [-0.4, -0.2) is 25.1 Å². The fourth-order valence-electron chi connectivity index (χ4n) is 1.57. The molecule has 0 aromatic carbocycles. The van der Waals surface area contributed by atoms with E-state index < -0.39 is 0 Å². The summed E-state index contributed by atoms with van der Waals surface area (Å²) in [7, 11) is 2.01. The molecule has 0 aliphatic heterocycles. The third-order valence-electron chi connectivity index (χ3n) is 2.24. The standard InChI is InChI=1S/C12H23N3O/c1-5-6-13-7-11-9-16-12(14-11)15(4)8-10(2)3/h9-10,13H,5-8H2,1-4H3. The average Bonchev–Trinajstić information content (AvgIpc) is 2.66. The normalized spacial score (nSPS) is 11.1. The van der Waals surface area contributed by atoms with Gasteiger partial charge < -0.3 is 14.6 Å². The molecule has 0 spiro atoms. The molecule has 0 saturated carbocycles. The Morgan fingerprint density at radius 1 is 1.50 bits per heavy atom. The molecule has 4 nitrogen and oxygen atoms in total. The molecular formula is C12H23N3O. The highest BCUT2D eigenvalue weighted by Crippen LogP contribution is 2.13. The highest BCUT2D eigenvalue weighted by atomic mass is 16.4. The fraction of sp³-hybridized carbons (Fsp3) is 0.750. The van der Waals surface area contributed by atoms with Crippen LogP contribution in [0.1, 0.15) is 32.9 Å². The van der Waals surface area contributed by atoms with Crippen LogP contribution in [0.4, 0.5) is 6.01 Å². The van der Waals surface area contributed by atoms with Gasteiger partial charge in [0.25, 0.3) is 6.01 Å². The van der Waals surface area contributed by atoms with Crippen LogP contribution in [0, 0.1) is 5.92 Å². The third kappa shape index (κ3) is 4.23. The number of oxazole rings is 1. The summed E-state index contributed by atoms with van der Waals surface area (Å²) in [4.78, 5) is 6.48. The Morgan fingerprint density at radius 2 is 2.25 bits per heavy atom. The van der Waals surface area contributed by atoms with E-state index in [1.54, 1.807) is 6.26 Å². The number of hydrogen-bond acceptors (Lipinski definition) is 4. The van der Waals surface area contributed by atoms with Crippen molar-refractivity contribution in [2.75, 3.05) is 25.0 Å². The van der Waals surface area contributed by atoms with Crippen LogP contribution in [0.2, 0.25) is 0 Å². The maximum absolute atomic E-state index is 5.43. The van der Waals surface area contributed by atoms with E-state index in [-0.39, 0.29) is 0 Å². The molecule has 0 aliphatic rings. The molecule has 0 amide bonds. The second kappa shape index (κ2) is 6.53. The number of aromatic nitrogens is 1. The lowest BCUT2D eigenvalue weighted by Crippen LogP contribution is -2.23. The second-order valence-corrected chi connectivity index (χ2v) is 4.57. The van der Waals surface area contributed by atoms with E-state index in [1.807, 2.05) is 11.9 Å². The summed E-state index contributed by atoms with van der Waals surface area (Å²) < 4.78 is 5.43. The van der Waals surface area contributed by atoms with Gasteiger partial charge in [0.1, 0.15) is 6.26 Å². The Hall–Kier alpha value is -1.03. The first-order valence-electron chi connectivity index (χ1n) is 5.99. The van der Waals surface area contributed by atoms with E-state index in [0.717, 1.165) is 31.7 Å². The number of nitrogens with zero attached hydrogens (tertiary/aromatic N) is 2. The quantitative estimate of drug-likeness (QED) is 0.723. The Bertz CT molecular complexity index is 296. The summed E-state index contributed by atoms with van der Waals surface area (Å²) in [6.45, 7) is 9.28. The van der Waals surface area contributed by atoms with Gasteiger partial charge in [-0.05, 0) is 18.9 Å². The van der Waals surface area contributed by atoms with Crippen molar-refractivity contribution in [1.29, 1.82) is 0 Å². The van der Waals surface area contributed by atoms with Crippen molar-refractivity contribution in [1.82, 2.24) is 10.3 Å². The largest absolute Gasteiger partial charge is 0.432 e. The molecule has 1 N–H and O–H groups in total. The molecule has 0 fully saturated rings. The number of rotatable bonds is 7. The minimum atomic E-state index is 0.610. The third-order valence-corrected chi connectivity index (χ3v) is 2.24. The van der Waals surface area contributed by atoms with E-state index in [9.17, 15) is 0 Å². The monoisotopic (exact) mass is 225 g/mol. The lowest BCUT2D eigenvalue weighted by molar-refractivity contribution is 0.523. The summed E-state index contributed by atoms with van der Waals surface area (Å²) in [6, 6.07) is 0.710. The molecule has 0 unspecified atom stereocenters. The van der Waals surface area contributed by atoms with Crippen molar-refractivity contribution in [2.45, 2.75) is 33.7 Å². The van der Waals surface area contributed by atoms with Crippen molar-refractivity contribution in [3.63, 3.8) is 0 Å². The number of hydrogen-bond donors (Lipinski definition) is 1. The Morgan fingerprint density at radius 3 is 2.88 bits per heavy atom. The fourth-order valence-corrected chi connectivity index (χ4v) is 1.57. The molecule has 0 atom stereocenters. The van der Waals surface area contributed by atoms with Gasteiger partial charge in [-0.1, -0.05) is 20.8 Å². The van der Waals surface area contributed by atoms with Gasteiger partial charge in [0.05, 0.1) is 5.69 Å². The van der Waals surface area contributed by atoms with Gasteiger partial charge in [-0.15, -0.1) is 0 Å². The Balaban J connectivity index is 2.44. The van der Waals surface area contributed by atoms with E-state index in [1.165, 1.54) is 0 Å². The maximum Gasteiger partial charge on any atom is 0.297 e. The highest BCUT2D eigenvalue weighted by Gasteiger charge is 2.09. The first kappa shape index (κ1) is 13.0. The van der Waals surface area contributed by atoms with Gasteiger partial charge in [-0.2, -0.15) is 4.98 Å². The van der Waals surface area contributed by atoms with Crippen molar-refractivity contribution in [3.05, 3.63) is 12.0 Å². The van der Waals surface area contributed by atoms with Gasteiger partial charge in [0.15, 0.2) is 0 Å². The molecule has 1 rings (SSSR count).